The summed E-state index contributed by atoms with van der Waals surface area (Å²) in [7, 11) is 0. The summed E-state index contributed by atoms with van der Waals surface area (Å²) in [4.78, 5) is 4.18. The second-order valence-corrected chi connectivity index (χ2v) is 2.82. The first kappa shape index (κ1) is 7.09. The van der Waals surface area contributed by atoms with Gasteiger partial charge in [-0.05, 0) is 19.9 Å². The standard InChI is InChI=1S/C8H10N4/c1-5-6(2)11-12-7(9)3-4-10-8(5)12/h3-4H,9H2,1-2H3. The summed E-state index contributed by atoms with van der Waals surface area (Å²) in [5.74, 6) is 0.621. The summed E-state index contributed by atoms with van der Waals surface area (Å²) >= 11 is 0. The van der Waals surface area contributed by atoms with Crippen LogP contribution in [0, 0.1) is 13.8 Å². The van der Waals surface area contributed by atoms with Crippen molar-refractivity contribution in [3.8, 4) is 0 Å². The molecular formula is C8H10N4. The first-order valence-corrected chi connectivity index (χ1v) is 3.76. The molecule has 0 aliphatic carbocycles. The number of nitrogens with two attached hydrogens (primary N) is 1. The van der Waals surface area contributed by atoms with Gasteiger partial charge in [-0.2, -0.15) is 9.61 Å². The van der Waals surface area contributed by atoms with Gasteiger partial charge in [0, 0.05) is 11.8 Å². The van der Waals surface area contributed by atoms with E-state index in [9.17, 15) is 0 Å². The Labute approximate surface area is 70.0 Å². The Bertz CT molecular complexity index is 430. The molecule has 62 valence electrons. The number of nitrogen functional groups attached to an aromatic ring is 1. The molecule has 0 aliphatic rings. The van der Waals surface area contributed by atoms with Crippen molar-refractivity contribution < 1.29 is 0 Å². The molecule has 2 heterocycles. The summed E-state index contributed by atoms with van der Waals surface area (Å²) in [6.45, 7) is 3.94. The largest absolute Gasteiger partial charge is 0.384 e. The average Bonchev–Trinajstić information content (AvgIpc) is 2.32. The Balaban J connectivity index is 2.95. The normalized spacial score (nSPS) is 10.8. The molecule has 12 heavy (non-hydrogen) atoms. The van der Waals surface area contributed by atoms with Crippen molar-refractivity contribution >= 4 is 11.5 Å². The van der Waals surface area contributed by atoms with Gasteiger partial charge >= 0.3 is 0 Å². The molecule has 4 heteroatoms. The van der Waals surface area contributed by atoms with Crippen LogP contribution < -0.4 is 5.73 Å². The number of aryl methyl sites for hydroxylation is 2. The lowest BCUT2D eigenvalue weighted by Gasteiger charge is -1.95. The van der Waals surface area contributed by atoms with Gasteiger partial charge in [0.1, 0.15) is 5.82 Å². The summed E-state index contributed by atoms with van der Waals surface area (Å²) < 4.78 is 1.66. The van der Waals surface area contributed by atoms with Gasteiger partial charge in [-0.1, -0.05) is 0 Å². The number of hydrogen-bond donors (Lipinski definition) is 1. The number of fused-ring (bicyclic) bond motifs is 1. The zero-order valence-electron chi connectivity index (χ0n) is 7.07. The third-order valence-electron chi connectivity index (χ3n) is 2.02. The summed E-state index contributed by atoms with van der Waals surface area (Å²) in [5.41, 5.74) is 8.60. The SMILES string of the molecule is Cc1nn2c(N)ccnc2c1C. The first-order valence-electron chi connectivity index (χ1n) is 3.76. The van der Waals surface area contributed by atoms with Crippen molar-refractivity contribution in [1.29, 1.82) is 0 Å². The molecule has 2 aromatic heterocycles. The molecule has 0 unspecified atom stereocenters. The topological polar surface area (TPSA) is 56.2 Å². The lowest BCUT2D eigenvalue weighted by atomic mass is 10.3. The van der Waals surface area contributed by atoms with Gasteiger partial charge < -0.3 is 5.73 Å². The fourth-order valence-corrected chi connectivity index (χ4v) is 1.18. The van der Waals surface area contributed by atoms with Crippen LogP contribution in [0.3, 0.4) is 0 Å². The van der Waals surface area contributed by atoms with Crippen LogP contribution in [0.25, 0.3) is 5.65 Å². The van der Waals surface area contributed by atoms with Crippen LogP contribution in [0.5, 0.6) is 0 Å². The zero-order valence-corrected chi connectivity index (χ0v) is 7.07. The molecule has 2 aromatic rings. The Morgan fingerprint density at radius 1 is 1.42 bits per heavy atom. The number of hydrogen-bond acceptors (Lipinski definition) is 3. The number of rotatable bonds is 0. The van der Waals surface area contributed by atoms with Crippen LogP contribution in [0.1, 0.15) is 11.3 Å². The highest BCUT2D eigenvalue weighted by Gasteiger charge is 2.06. The van der Waals surface area contributed by atoms with Crippen LogP contribution in [0.4, 0.5) is 5.82 Å². The molecule has 0 aromatic carbocycles. The maximum Gasteiger partial charge on any atom is 0.160 e. The van der Waals surface area contributed by atoms with Crippen molar-refractivity contribution in [2.75, 3.05) is 5.73 Å². The van der Waals surface area contributed by atoms with E-state index in [1.165, 1.54) is 0 Å². The Morgan fingerprint density at radius 2 is 2.17 bits per heavy atom. The van der Waals surface area contributed by atoms with Gasteiger partial charge in [-0.15, -0.1) is 0 Å². The summed E-state index contributed by atoms with van der Waals surface area (Å²) in [5, 5.41) is 4.24. The minimum atomic E-state index is 0.621. The zero-order chi connectivity index (χ0) is 8.72. The minimum Gasteiger partial charge on any atom is -0.384 e. The Morgan fingerprint density at radius 3 is 2.83 bits per heavy atom. The van der Waals surface area contributed by atoms with E-state index in [0.29, 0.717) is 5.82 Å². The fourth-order valence-electron chi connectivity index (χ4n) is 1.18. The van der Waals surface area contributed by atoms with E-state index in [1.54, 1.807) is 16.8 Å². The molecule has 0 aliphatic heterocycles. The average molecular weight is 162 g/mol. The highest BCUT2D eigenvalue weighted by atomic mass is 15.3. The molecule has 0 saturated carbocycles. The van der Waals surface area contributed by atoms with Gasteiger partial charge in [-0.25, -0.2) is 4.98 Å². The lowest BCUT2D eigenvalue weighted by molar-refractivity contribution is 0.928. The van der Waals surface area contributed by atoms with E-state index in [-0.39, 0.29) is 0 Å². The van der Waals surface area contributed by atoms with Gasteiger partial charge in [-0.3, -0.25) is 0 Å². The molecule has 0 radical (unpaired) electrons. The van der Waals surface area contributed by atoms with Crippen LogP contribution in [-0.4, -0.2) is 14.6 Å². The smallest absolute Gasteiger partial charge is 0.160 e. The molecule has 0 atom stereocenters. The quantitative estimate of drug-likeness (QED) is 0.627. The van der Waals surface area contributed by atoms with Gasteiger partial charge in [0.2, 0.25) is 0 Å². The minimum absolute atomic E-state index is 0.621. The van der Waals surface area contributed by atoms with E-state index in [0.717, 1.165) is 16.9 Å². The maximum atomic E-state index is 5.70. The van der Waals surface area contributed by atoms with Crippen molar-refractivity contribution in [3.63, 3.8) is 0 Å². The number of nitrogens with zero attached hydrogens (tertiary/aromatic N) is 3. The first-order chi connectivity index (χ1) is 5.70. The molecule has 0 bridgehead atoms. The van der Waals surface area contributed by atoms with E-state index >= 15 is 0 Å². The molecule has 2 N–H and O–H groups in total. The number of aromatic nitrogens is 3. The van der Waals surface area contributed by atoms with Crippen molar-refractivity contribution in [1.82, 2.24) is 14.6 Å². The lowest BCUT2D eigenvalue weighted by Crippen LogP contribution is -1.98. The van der Waals surface area contributed by atoms with E-state index in [2.05, 4.69) is 10.1 Å². The molecule has 2 rings (SSSR count). The highest BCUT2D eigenvalue weighted by Crippen LogP contribution is 2.13. The molecule has 0 spiro atoms. The van der Waals surface area contributed by atoms with Crippen LogP contribution in [0.15, 0.2) is 12.3 Å². The summed E-state index contributed by atoms with van der Waals surface area (Å²) in [6.07, 6.45) is 1.69. The molecule has 0 amide bonds. The van der Waals surface area contributed by atoms with Crippen LogP contribution in [-0.2, 0) is 0 Å². The summed E-state index contributed by atoms with van der Waals surface area (Å²) in [6, 6.07) is 1.74. The van der Waals surface area contributed by atoms with E-state index < -0.39 is 0 Å². The Hall–Kier alpha value is -1.58. The van der Waals surface area contributed by atoms with Gasteiger partial charge in [0.05, 0.1) is 5.69 Å². The predicted molar refractivity (Wildman–Crippen MR) is 46.9 cm³/mol. The highest BCUT2D eigenvalue weighted by molar-refractivity contribution is 5.52. The van der Waals surface area contributed by atoms with E-state index in [1.807, 2.05) is 13.8 Å². The molecule has 0 fully saturated rings. The molecule has 4 nitrogen and oxygen atoms in total. The van der Waals surface area contributed by atoms with Crippen LogP contribution in [0.2, 0.25) is 0 Å². The molecule has 0 saturated heterocycles. The maximum absolute atomic E-state index is 5.70. The number of anilines is 1. The van der Waals surface area contributed by atoms with E-state index in [4.69, 9.17) is 5.73 Å². The van der Waals surface area contributed by atoms with Crippen molar-refractivity contribution in [3.05, 3.63) is 23.5 Å². The molecular weight excluding hydrogens is 152 g/mol. The van der Waals surface area contributed by atoms with Crippen LogP contribution >= 0.6 is 0 Å². The predicted octanol–water partition coefficient (Wildman–Crippen LogP) is 0.928. The van der Waals surface area contributed by atoms with Crippen molar-refractivity contribution in [2.24, 2.45) is 0 Å². The fraction of sp³-hybridized carbons (Fsp3) is 0.250. The Kier molecular flexibility index (Phi) is 1.30. The second kappa shape index (κ2) is 2.20. The third-order valence-corrected chi connectivity index (χ3v) is 2.02. The monoisotopic (exact) mass is 162 g/mol. The third kappa shape index (κ3) is 0.777. The van der Waals surface area contributed by atoms with Gasteiger partial charge in [0.15, 0.2) is 5.65 Å². The van der Waals surface area contributed by atoms with Gasteiger partial charge in [0.25, 0.3) is 0 Å². The van der Waals surface area contributed by atoms with Crippen molar-refractivity contribution in [2.45, 2.75) is 13.8 Å². The second-order valence-electron chi connectivity index (χ2n) is 2.82.